The van der Waals surface area contributed by atoms with Gasteiger partial charge in [-0.3, -0.25) is 4.79 Å². The van der Waals surface area contributed by atoms with Crippen LogP contribution in [0.4, 0.5) is 5.69 Å². The Bertz CT molecular complexity index is 746. The molecule has 2 atom stereocenters. The van der Waals surface area contributed by atoms with E-state index in [1.54, 1.807) is 6.08 Å². The predicted octanol–water partition coefficient (Wildman–Crippen LogP) is 2.11. The first-order chi connectivity index (χ1) is 10.7. The van der Waals surface area contributed by atoms with Crippen LogP contribution in [0.3, 0.4) is 0 Å². The molecule has 0 unspecified atom stereocenters. The summed E-state index contributed by atoms with van der Waals surface area (Å²) in [5.74, 6) is -2.79. The van der Waals surface area contributed by atoms with Crippen molar-refractivity contribution in [3.05, 3.63) is 54.6 Å². The van der Waals surface area contributed by atoms with Gasteiger partial charge in [0.2, 0.25) is 5.91 Å². The number of aliphatic carboxylic acids is 1. The van der Waals surface area contributed by atoms with Gasteiger partial charge in [0.1, 0.15) is 0 Å². The van der Waals surface area contributed by atoms with Gasteiger partial charge in [-0.05, 0) is 24.3 Å². The fourth-order valence-corrected chi connectivity index (χ4v) is 2.92. The summed E-state index contributed by atoms with van der Waals surface area (Å²) in [6.07, 6.45) is 4.42. The van der Waals surface area contributed by atoms with Gasteiger partial charge in [-0.2, -0.15) is 0 Å². The van der Waals surface area contributed by atoms with Crippen molar-refractivity contribution in [2.45, 2.75) is 12.8 Å². The van der Waals surface area contributed by atoms with Crippen LogP contribution in [0.2, 0.25) is 0 Å². The normalized spacial score (nSPS) is 20.7. The van der Waals surface area contributed by atoms with Crippen molar-refractivity contribution in [1.29, 1.82) is 0 Å². The van der Waals surface area contributed by atoms with E-state index in [1.807, 2.05) is 48.5 Å². The van der Waals surface area contributed by atoms with E-state index in [-0.39, 0.29) is 5.91 Å². The second kappa shape index (κ2) is 6.02. The van der Waals surface area contributed by atoms with Crippen LogP contribution >= 0.6 is 0 Å². The van der Waals surface area contributed by atoms with Crippen molar-refractivity contribution in [3.8, 4) is 0 Å². The van der Waals surface area contributed by atoms with Gasteiger partial charge >= 0.3 is 0 Å². The lowest BCUT2D eigenvalue weighted by Crippen LogP contribution is -2.41. The van der Waals surface area contributed by atoms with E-state index in [9.17, 15) is 14.7 Å². The Balaban J connectivity index is 1.86. The number of benzene rings is 2. The minimum atomic E-state index is -1.16. The fourth-order valence-electron chi connectivity index (χ4n) is 2.92. The topological polar surface area (TPSA) is 69.2 Å². The molecule has 1 aliphatic carbocycles. The van der Waals surface area contributed by atoms with Crippen LogP contribution in [0.25, 0.3) is 10.8 Å². The molecule has 0 bridgehead atoms. The number of nitrogens with one attached hydrogen (secondary N) is 1. The Morgan fingerprint density at radius 3 is 2.41 bits per heavy atom. The summed E-state index contributed by atoms with van der Waals surface area (Å²) < 4.78 is 0. The molecule has 0 saturated carbocycles. The van der Waals surface area contributed by atoms with Crippen LogP contribution in [0.15, 0.2) is 54.6 Å². The van der Waals surface area contributed by atoms with E-state index in [0.717, 1.165) is 10.8 Å². The molecule has 3 rings (SSSR count). The largest absolute Gasteiger partial charge is 0.550 e. The average molecular weight is 294 g/mol. The molecule has 0 saturated heterocycles. The quantitative estimate of drug-likeness (QED) is 0.881. The van der Waals surface area contributed by atoms with Crippen molar-refractivity contribution in [1.82, 2.24) is 0 Å². The molecule has 1 N–H and O–H groups in total. The van der Waals surface area contributed by atoms with Crippen LogP contribution < -0.4 is 10.4 Å². The number of fused-ring (bicyclic) bond motifs is 1. The predicted molar refractivity (Wildman–Crippen MR) is 82.9 cm³/mol. The third-order valence-electron chi connectivity index (χ3n) is 4.12. The Labute approximate surface area is 128 Å². The minimum absolute atomic E-state index is 0.269. The maximum absolute atomic E-state index is 12.5. The highest BCUT2D eigenvalue weighted by molar-refractivity contribution is 6.03. The lowest BCUT2D eigenvalue weighted by atomic mass is 9.82. The van der Waals surface area contributed by atoms with Crippen LogP contribution in [0.5, 0.6) is 0 Å². The van der Waals surface area contributed by atoms with Gasteiger partial charge in [-0.1, -0.05) is 48.6 Å². The summed E-state index contributed by atoms with van der Waals surface area (Å²) in [6.45, 7) is 0. The van der Waals surface area contributed by atoms with E-state index in [2.05, 4.69) is 5.32 Å². The van der Waals surface area contributed by atoms with Crippen LogP contribution in [0, 0.1) is 11.8 Å². The smallest absolute Gasteiger partial charge is 0.228 e. The monoisotopic (exact) mass is 294 g/mol. The molecule has 112 valence electrons. The standard InChI is InChI=1S/C18H17NO3/c20-17(14-9-3-4-10-15(14)18(21)22)19-16-11-5-7-12-6-1-2-8-13(12)16/h1-8,11,14-15H,9-10H2,(H,19,20)(H,21,22)/p-1/t14-,15+/m1/s1. The lowest BCUT2D eigenvalue weighted by Gasteiger charge is -2.28. The minimum Gasteiger partial charge on any atom is -0.550 e. The summed E-state index contributed by atoms with van der Waals surface area (Å²) in [4.78, 5) is 23.7. The van der Waals surface area contributed by atoms with Gasteiger partial charge in [0, 0.05) is 23.0 Å². The molecule has 0 radical (unpaired) electrons. The summed E-state index contributed by atoms with van der Waals surface area (Å²) >= 11 is 0. The number of hydrogen-bond acceptors (Lipinski definition) is 3. The SMILES string of the molecule is O=C([O-])[C@H]1CC=CC[C@H]1C(=O)Nc1cccc2ccccc12. The molecule has 22 heavy (non-hydrogen) atoms. The number of rotatable bonds is 3. The number of hydrogen-bond donors (Lipinski definition) is 1. The first-order valence-corrected chi connectivity index (χ1v) is 7.31. The van der Waals surface area contributed by atoms with Gasteiger partial charge in [-0.15, -0.1) is 0 Å². The fraction of sp³-hybridized carbons (Fsp3) is 0.222. The molecule has 2 aromatic carbocycles. The molecule has 2 aromatic rings. The zero-order valence-corrected chi connectivity index (χ0v) is 12.0. The first kappa shape index (κ1) is 14.3. The van der Waals surface area contributed by atoms with Crippen LogP contribution in [-0.2, 0) is 9.59 Å². The Hall–Kier alpha value is -2.62. The van der Waals surface area contributed by atoms with Gasteiger partial charge < -0.3 is 15.2 Å². The molecule has 4 nitrogen and oxygen atoms in total. The van der Waals surface area contributed by atoms with E-state index in [1.165, 1.54) is 0 Å². The summed E-state index contributed by atoms with van der Waals surface area (Å²) in [7, 11) is 0. The number of carbonyl (C=O) groups is 2. The van der Waals surface area contributed by atoms with E-state index >= 15 is 0 Å². The van der Waals surface area contributed by atoms with Crippen molar-refractivity contribution < 1.29 is 14.7 Å². The van der Waals surface area contributed by atoms with Gasteiger partial charge in [-0.25, -0.2) is 0 Å². The number of allylic oxidation sites excluding steroid dienone is 2. The Morgan fingerprint density at radius 2 is 1.64 bits per heavy atom. The second-order valence-electron chi connectivity index (χ2n) is 5.49. The molecule has 0 fully saturated rings. The van der Waals surface area contributed by atoms with E-state index < -0.39 is 17.8 Å². The number of amides is 1. The maximum Gasteiger partial charge on any atom is 0.228 e. The van der Waals surface area contributed by atoms with Crippen molar-refractivity contribution in [3.63, 3.8) is 0 Å². The maximum atomic E-state index is 12.5. The van der Waals surface area contributed by atoms with Gasteiger partial charge in [0.25, 0.3) is 0 Å². The molecular weight excluding hydrogens is 278 g/mol. The molecule has 4 heteroatoms. The van der Waals surface area contributed by atoms with Crippen LogP contribution in [0.1, 0.15) is 12.8 Å². The highest BCUT2D eigenvalue weighted by atomic mass is 16.4. The second-order valence-corrected chi connectivity index (χ2v) is 5.49. The summed E-state index contributed by atoms with van der Waals surface area (Å²) in [5.41, 5.74) is 0.703. The van der Waals surface area contributed by atoms with Gasteiger partial charge in [0.05, 0.1) is 5.92 Å². The van der Waals surface area contributed by atoms with Crippen LogP contribution in [-0.4, -0.2) is 11.9 Å². The highest BCUT2D eigenvalue weighted by Gasteiger charge is 2.29. The third-order valence-corrected chi connectivity index (χ3v) is 4.12. The molecule has 0 aromatic heterocycles. The van der Waals surface area contributed by atoms with E-state index in [4.69, 9.17) is 0 Å². The lowest BCUT2D eigenvalue weighted by molar-refractivity contribution is -0.313. The average Bonchev–Trinajstić information content (AvgIpc) is 2.55. The molecule has 0 heterocycles. The molecular formula is C18H16NO3-. The summed E-state index contributed by atoms with van der Waals surface area (Å²) in [5, 5.41) is 16.1. The number of carbonyl (C=O) groups excluding carboxylic acids is 2. The van der Waals surface area contributed by atoms with Crippen molar-refractivity contribution >= 4 is 28.3 Å². The Morgan fingerprint density at radius 1 is 0.955 bits per heavy atom. The zero-order valence-electron chi connectivity index (χ0n) is 12.0. The first-order valence-electron chi connectivity index (χ1n) is 7.31. The summed E-state index contributed by atoms with van der Waals surface area (Å²) in [6, 6.07) is 13.4. The number of carboxylic acids is 1. The van der Waals surface area contributed by atoms with Crippen molar-refractivity contribution in [2.75, 3.05) is 5.32 Å². The zero-order chi connectivity index (χ0) is 15.5. The van der Waals surface area contributed by atoms with E-state index in [0.29, 0.717) is 18.5 Å². The molecule has 1 amide bonds. The molecule has 0 aliphatic heterocycles. The molecule has 1 aliphatic rings. The molecule has 0 spiro atoms. The number of carboxylic acid groups (broad SMARTS) is 1. The third kappa shape index (κ3) is 2.72. The van der Waals surface area contributed by atoms with Gasteiger partial charge in [0.15, 0.2) is 0 Å². The number of anilines is 1. The highest BCUT2D eigenvalue weighted by Crippen LogP contribution is 2.28. The van der Waals surface area contributed by atoms with Crippen molar-refractivity contribution in [2.24, 2.45) is 11.8 Å². The Kier molecular flexibility index (Phi) is 3.92.